The van der Waals surface area contributed by atoms with E-state index in [1.807, 2.05) is 28.0 Å². The second-order valence-corrected chi connectivity index (χ2v) is 6.94. The Labute approximate surface area is 144 Å². The number of carbonyl (C=O) groups is 2. The molecule has 130 valence electrons. The summed E-state index contributed by atoms with van der Waals surface area (Å²) in [6.07, 6.45) is 3.26. The smallest absolute Gasteiger partial charge is 0.317 e. The highest BCUT2D eigenvalue weighted by Gasteiger charge is 2.32. The summed E-state index contributed by atoms with van der Waals surface area (Å²) < 4.78 is 0. The third-order valence-corrected chi connectivity index (χ3v) is 5.26. The van der Waals surface area contributed by atoms with Gasteiger partial charge in [-0.05, 0) is 24.3 Å². The average molecular weight is 329 g/mol. The van der Waals surface area contributed by atoms with Crippen molar-refractivity contribution in [3.05, 3.63) is 35.9 Å². The lowest BCUT2D eigenvalue weighted by Crippen LogP contribution is -2.54. The number of nitrogens with zero attached hydrogens (tertiary/aromatic N) is 2. The Morgan fingerprint density at radius 2 is 1.71 bits per heavy atom. The maximum absolute atomic E-state index is 12.3. The van der Waals surface area contributed by atoms with E-state index in [0.717, 1.165) is 12.8 Å². The first-order valence-corrected chi connectivity index (χ1v) is 9.01. The second kappa shape index (κ2) is 7.69. The largest absolute Gasteiger partial charge is 0.339 e. The Bertz CT molecular complexity index is 563. The molecule has 1 aromatic rings. The van der Waals surface area contributed by atoms with Crippen LogP contribution in [0.2, 0.25) is 0 Å². The van der Waals surface area contributed by atoms with Gasteiger partial charge >= 0.3 is 6.03 Å². The summed E-state index contributed by atoms with van der Waals surface area (Å²) >= 11 is 0. The Morgan fingerprint density at radius 1 is 1.08 bits per heavy atom. The molecule has 1 aliphatic heterocycles. The molecule has 5 nitrogen and oxygen atoms in total. The van der Waals surface area contributed by atoms with E-state index >= 15 is 0 Å². The lowest BCUT2D eigenvalue weighted by atomic mass is 9.84. The number of piperazine rings is 1. The molecule has 1 atom stereocenters. The zero-order chi connectivity index (χ0) is 16.9. The van der Waals surface area contributed by atoms with Gasteiger partial charge in [-0.2, -0.15) is 0 Å². The standard InChI is InChI=1S/C19H27N3O2/c1-15(16-6-3-2-4-7-16)14-20-19(24)22-12-10-21(11-13-22)18(23)17-8-5-9-17/h2-4,6-7,15,17H,5,8-14H2,1H3,(H,20,24)/t15-/m0/s1. The van der Waals surface area contributed by atoms with E-state index in [2.05, 4.69) is 24.4 Å². The molecule has 2 fully saturated rings. The Morgan fingerprint density at radius 3 is 2.29 bits per heavy atom. The van der Waals surface area contributed by atoms with Crippen LogP contribution < -0.4 is 5.32 Å². The molecule has 1 aromatic carbocycles. The van der Waals surface area contributed by atoms with Crippen LogP contribution in [0, 0.1) is 5.92 Å². The van der Waals surface area contributed by atoms with E-state index in [9.17, 15) is 9.59 Å². The van der Waals surface area contributed by atoms with Crippen molar-refractivity contribution in [2.75, 3.05) is 32.7 Å². The average Bonchev–Trinajstić information content (AvgIpc) is 2.58. The molecule has 0 bridgehead atoms. The zero-order valence-electron chi connectivity index (χ0n) is 14.4. The minimum absolute atomic E-state index is 0.0199. The van der Waals surface area contributed by atoms with E-state index in [4.69, 9.17) is 0 Å². The molecule has 1 saturated carbocycles. The van der Waals surface area contributed by atoms with Crippen molar-refractivity contribution in [2.24, 2.45) is 5.92 Å². The number of rotatable bonds is 4. The molecule has 0 spiro atoms. The van der Waals surface area contributed by atoms with Crippen LogP contribution in [0.5, 0.6) is 0 Å². The highest BCUT2D eigenvalue weighted by Crippen LogP contribution is 2.28. The van der Waals surface area contributed by atoms with Gasteiger partial charge in [-0.15, -0.1) is 0 Å². The van der Waals surface area contributed by atoms with Crippen molar-refractivity contribution in [3.63, 3.8) is 0 Å². The molecule has 1 aliphatic carbocycles. The minimum atomic E-state index is -0.0199. The number of nitrogens with one attached hydrogen (secondary N) is 1. The number of hydrogen-bond acceptors (Lipinski definition) is 2. The van der Waals surface area contributed by atoms with E-state index in [1.165, 1.54) is 12.0 Å². The van der Waals surface area contributed by atoms with Gasteiger partial charge in [0.1, 0.15) is 0 Å². The first-order chi connectivity index (χ1) is 11.6. The van der Waals surface area contributed by atoms with Crippen LogP contribution in [0.25, 0.3) is 0 Å². The fraction of sp³-hybridized carbons (Fsp3) is 0.579. The molecule has 3 amide bonds. The Kier molecular flexibility index (Phi) is 5.38. The highest BCUT2D eigenvalue weighted by molar-refractivity contribution is 5.80. The van der Waals surface area contributed by atoms with Gasteiger partial charge in [0, 0.05) is 38.6 Å². The topological polar surface area (TPSA) is 52.7 Å². The summed E-state index contributed by atoms with van der Waals surface area (Å²) in [7, 11) is 0. The number of urea groups is 1. The third kappa shape index (κ3) is 3.89. The molecule has 1 saturated heterocycles. The molecular formula is C19H27N3O2. The summed E-state index contributed by atoms with van der Waals surface area (Å²) in [4.78, 5) is 28.3. The first-order valence-electron chi connectivity index (χ1n) is 9.01. The lowest BCUT2D eigenvalue weighted by Gasteiger charge is -2.38. The van der Waals surface area contributed by atoms with Crippen molar-refractivity contribution in [2.45, 2.75) is 32.1 Å². The molecule has 1 heterocycles. The SMILES string of the molecule is C[C@@H](CNC(=O)N1CCN(C(=O)C2CCC2)CC1)c1ccccc1. The molecule has 1 N–H and O–H groups in total. The van der Waals surface area contributed by atoms with Gasteiger partial charge in [0.2, 0.25) is 5.91 Å². The van der Waals surface area contributed by atoms with Crippen LogP contribution >= 0.6 is 0 Å². The van der Waals surface area contributed by atoms with Crippen LogP contribution in [0.15, 0.2) is 30.3 Å². The maximum Gasteiger partial charge on any atom is 0.317 e. The van der Waals surface area contributed by atoms with Gasteiger partial charge in [-0.1, -0.05) is 43.7 Å². The van der Waals surface area contributed by atoms with Crippen molar-refractivity contribution in [3.8, 4) is 0 Å². The molecule has 3 rings (SSSR count). The lowest BCUT2D eigenvalue weighted by molar-refractivity contribution is -0.139. The van der Waals surface area contributed by atoms with Crippen molar-refractivity contribution >= 4 is 11.9 Å². The van der Waals surface area contributed by atoms with E-state index in [1.54, 1.807) is 0 Å². The summed E-state index contributed by atoms with van der Waals surface area (Å²) in [5, 5.41) is 3.02. The van der Waals surface area contributed by atoms with Crippen LogP contribution in [-0.2, 0) is 4.79 Å². The van der Waals surface area contributed by atoms with Gasteiger partial charge in [-0.25, -0.2) is 4.79 Å². The van der Waals surface area contributed by atoms with Gasteiger partial charge in [-0.3, -0.25) is 4.79 Å². The fourth-order valence-corrected chi connectivity index (χ4v) is 3.29. The van der Waals surface area contributed by atoms with Gasteiger partial charge < -0.3 is 15.1 Å². The molecular weight excluding hydrogens is 302 g/mol. The number of carbonyl (C=O) groups excluding carboxylic acids is 2. The maximum atomic E-state index is 12.3. The number of amides is 3. The normalized spacial score (nSPS) is 19.5. The van der Waals surface area contributed by atoms with E-state index in [0.29, 0.717) is 38.6 Å². The van der Waals surface area contributed by atoms with Crippen molar-refractivity contribution < 1.29 is 9.59 Å². The molecule has 5 heteroatoms. The number of benzene rings is 1. The van der Waals surface area contributed by atoms with Crippen LogP contribution in [-0.4, -0.2) is 54.5 Å². The molecule has 0 unspecified atom stereocenters. The Hall–Kier alpha value is -2.04. The highest BCUT2D eigenvalue weighted by atomic mass is 16.2. The van der Waals surface area contributed by atoms with Gasteiger partial charge in [0.15, 0.2) is 0 Å². The second-order valence-electron chi connectivity index (χ2n) is 6.94. The van der Waals surface area contributed by atoms with Crippen molar-refractivity contribution in [1.82, 2.24) is 15.1 Å². The number of hydrogen-bond donors (Lipinski definition) is 1. The summed E-state index contributed by atoms with van der Waals surface area (Å²) in [6, 6.07) is 10.2. The first kappa shape index (κ1) is 16.8. The molecule has 24 heavy (non-hydrogen) atoms. The predicted molar refractivity (Wildman–Crippen MR) is 93.7 cm³/mol. The van der Waals surface area contributed by atoms with Crippen LogP contribution in [0.1, 0.15) is 37.7 Å². The predicted octanol–water partition coefficient (Wildman–Crippen LogP) is 2.44. The summed E-state index contributed by atoms with van der Waals surface area (Å²) in [5.41, 5.74) is 1.23. The summed E-state index contributed by atoms with van der Waals surface area (Å²) in [5.74, 6) is 0.827. The Balaban J connectivity index is 1.41. The summed E-state index contributed by atoms with van der Waals surface area (Å²) in [6.45, 7) is 5.33. The molecule has 0 aromatic heterocycles. The van der Waals surface area contributed by atoms with Crippen LogP contribution in [0.4, 0.5) is 4.79 Å². The van der Waals surface area contributed by atoms with Crippen molar-refractivity contribution in [1.29, 1.82) is 0 Å². The molecule has 2 aliphatic rings. The quantitative estimate of drug-likeness (QED) is 0.922. The minimum Gasteiger partial charge on any atom is -0.339 e. The third-order valence-electron chi connectivity index (χ3n) is 5.26. The monoisotopic (exact) mass is 329 g/mol. The zero-order valence-corrected chi connectivity index (χ0v) is 14.4. The fourth-order valence-electron chi connectivity index (χ4n) is 3.29. The van der Waals surface area contributed by atoms with Crippen LogP contribution in [0.3, 0.4) is 0 Å². The van der Waals surface area contributed by atoms with Gasteiger partial charge in [0.25, 0.3) is 0 Å². The molecule has 0 radical (unpaired) electrons. The van der Waals surface area contributed by atoms with E-state index < -0.39 is 0 Å². The van der Waals surface area contributed by atoms with Gasteiger partial charge in [0.05, 0.1) is 0 Å². The van der Waals surface area contributed by atoms with E-state index in [-0.39, 0.29) is 17.9 Å².